The highest BCUT2D eigenvalue weighted by atomic mass is 79.9. The van der Waals surface area contributed by atoms with Gasteiger partial charge >= 0.3 is 0 Å². The Bertz CT molecular complexity index is 637. The second-order valence-corrected chi connectivity index (χ2v) is 4.13. The van der Waals surface area contributed by atoms with Gasteiger partial charge in [0.2, 0.25) is 11.8 Å². The number of nitrogens with two attached hydrogens (primary N) is 1. The number of amides is 1. The molecular formula is C11H8BrN3O3. The van der Waals surface area contributed by atoms with E-state index in [2.05, 4.69) is 25.9 Å². The van der Waals surface area contributed by atoms with Crippen LogP contribution in [0.5, 0.6) is 11.6 Å². The van der Waals surface area contributed by atoms with Crippen molar-refractivity contribution in [2.24, 2.45) is 5.73 Å². The zero-order valence-electron chi connectivity index (χ0n) is 9.01. The highest BCUT2D eigenvalue weighted by Crippen LogP contribution is 2.24. The molecule has 2 aromatic rings. The molecule has 0 unspecified atom stereocenters. The third kappa shape index (κ3) is 2.57. The van der Waals surface area contributed by atoms with E-state index >= 15 is 0 Å². The lowest BCUT2D eigenvalue weighted by atomic mass is 10.2. The Morgan fingerprint density at radius 3 is 2.61 bits per heavy atom. The van der Waals surface area contributed by atoms with E-state index in [0.29, 0.717) is 11.3 Å². The molecule has 0 saturated heterocycles. The predicted octanol–water partition coefficient (Wildman–Crippen LogP) is 1.42. The fourth-order valence-corrected chi connectivity index (χ4v) is 1.53. The Morgan fingerprint density at radius 1 is 1.33 bits per heavy atom. The molecule has 3 N–H and O–H groups in total. The quantitative estimate of drug-likeness (QED) is 0.896. The molecule has 0 aliphatic rings. The first-order valence-corrected chi connectivity index (χ1v) is 5.68. The van der Waals surface area contributed by atoms with Crippen LogP contribution in [0.4, 0.5) is 0 Å². The number of nitrogens with one attached hydrogen (secondary N) is 1. The number of primary amides is 1. The van der Waals surface area contributed by atoms with Crippen LogP contribution in [0, 0.1) is 0 Å². The zero-order chi connectivity index (χ0) is 13.1. The number of aromatic nitrogens is 2. The highest BCUT2D eigenvalue weighted by Gasteiger charge is 2.08. The smallest absolute Gasteiger partial charge is 0.268 e. The molecule has 7 heteroatoms. The number of carbonyl (C=O) groups is 1. The first-order valence-electron chi connectivity index (χ1n) is 4.89. The van der Waals surface area contributed by atoms with Gasteiger partial charge in [0, 0.05) is 5.56 Å². The largest absolute Gasteiger partial charge is 0.438 e. The number of benzene rings is 1. The van der Waals surface area contributed by atoms with Crippen molar-refractivity contribution in [2.45, 2.75) is 0 Å². The molecule has 0 aliphatic heterocycles. The van der Waals surface area contributed by atoms with E-state index in [1.165, 1.54) is 18.5 Å². The number of nitrogens with zero attached hydrogens (tertiary/aromatic N) is 1. The third-order valence-electron chi connectivity index (χ3n) is 2.12. The van der Waals surface area contributed by atoms with Crippen LogP contribution in [-0.4, -0.2) is 15.9 Å². The summed E-state index contributed by atoms with van der Waals surface area (Å²) in [5.41, 5.74) is 5.15. The Labute approximate surface area is 110 Å². The molecule has 1 aromatic carbocycles. The van der Waals surface area contributed by atoms with Gasteiger partial charge < -0.3 is 15.5 Å². The lowest BCUT2D eigenvalue weighted by Gasteiger charge is -2.05. The van der Waals surface area contributed by atoms with E-state index in [0.717, 1.165) is 0 Å². The Balaban J connectivity index is 2.26. The maximum atomic E-state index is 11.3. The minimum absolute atomic E-state index is 0.144. The maximum Gasteiger partial charge on any atom is 0.268 e. The summed E-state index contributed by atoms with van der Waals surface area (Å²) in [6, 6.07) is 6.18. The van der Waals surface area contributed by atoms with Gasteiger partial charge in [0.25, 0.3) is 5.56 Å². The number of hydrogen-bond donors (Lipinski definition) is 2. The van der Waals surface area contributed by atoms with Crippen molar-refractivity contribution in [1.29, 1.82) is 0 Å². The minimum Gasteiger partial charge on any atom is -0.438 e. The number of carbonyl (C=O) groups excluding carboxylic acids is 1. The van der Waals surface area contributed by atoms with Crippen molar-refractivity contribution in [2.75, 3.05) is 0 Å². The Hall–Kier alpha value is -2.15. The standard InChI is InChI=1S/C11H8BrN3O3/c12-8-10(17)14-5-15-11(8)18-7-3-1-6(2-4-7)9(13)16/h1-5H,(H2,13,16)(H,14,15,17). The topological polar surface area (TPSA) is 98.1 Å². The Kier molecular flexibility index (Phi) is 3.42. The monoisotopic (exact) mass is 309 g/mol. The summed E-state index contributed by atoms with van der Waals surface area (Å²) in [5.74, 6) is 0.0707. The number of hydrogen-bond acceptors (Lipinski definition) is 4. The number of aromatic amines is 1. The molecule has 2 rings (SSSR count). The number of H-pyrrole nitrogens is 1. The van der Waals surface area contributed by atoms with Crippen LogP contribution in [0.2, 0.25) is 0 Å². The molecule has 0 spiro atoms. The van der Waals surface area contributed by atoms with Gasteiger partial charge in [-0.15, -0.1) is 0 Å². The summed E-state index contributed by atoms with van der Waals surface area (Å²) < 4.78 is 5.59. The highest BCUT2D eigenvalue weighted by molar-refractivity contribution is 9.10. The van der Waals surface area contributed by atoms with E-state index in [-0.39, 0.29) is 15.9 Å². The lowest BCUT2D eigenvalue weighted by molar-refractivity contribution is 0.100. The second kappa shape index (κ2) is 5.01. The normalized spacial score (nSPS) is 10.1. The van der Waals surface area contributed by atoms with Crippen LogP contribution in [0.15, 0.2) is 39.9 Å². The summed E-state index contributed by atoms with van der Waals surface area (Å²) in [4.78, 5) is 28.4. The fraction of sp³-hybridized carbons (Fsp3) is 0. The van der Waals surface area contributed by atoms with Crippen LogP contribution in [0.3, 0.4) is 0 Å². The van der Waals surface area contributed by atoms with Crippen molar-refractivity contribution in [3.8, 4) is 11.6 Å². The molecule has 0 aliphatic carbocycles. The summed E-state index contributed by atoms with van der Waals surface area (Å²) >= 11 is 3.07. The van der Waals surface area contributed by atoms with Gasteiger partial charge in [-0.25, -0.2) is 4.98 Å². The SMILES string of the molecule is NC(=O)c1ccc(Oc2nc[nH]c(=O)c2Br)cc1. The molecule has 92 valence electrons. The molecule has 18 heavy (non-hydrogen) atoms. The first-order chi connectivity index (χ1) is 8.58. The van der Waals surface area contributed by atoms with Gasteiger partial charge in [0.1, 0.15) is 10.2 Å². The van der Waals surface area contributed by atoms with Gasteiger partial charge in [0.15, 0.2) is 0 Å². The molecule has 0 saturated carbocycles. The lowest BCUT2D eigenvalue weighted by Crippen LogP contribution is -2.10. The molecule has 6 nitrogen and oxygen atoms in total. The average Bonchev–Trinajstić information content (AvgIpc) is 2.36. The van der Waals surface area contributed by atoms with Crippen molar-refractivity contribution in [3.63, 3.8) is 0 Å². The molecule has 1 heterocycles. The Morgan fingerprint density at radius 2 is 2.00 bits per heavy atom. The molecule has 0 fully saturated rings. The van der Waals surface area contributed by atoms with Gasteiger partial charge in [-0.05, 0) is 40.2 Å². The van der Waals surface area contributed by atoms with E-state index in [1.807, 2.05) is 0 Å². The molecule has 0 bridgehead atoms. The summed E-state index contributed by atoms with van der Waals surface area (Å²) in [6.45, 7) is 0. The van der Waals surface area contributed by atoms with Crippen LogP contribution in [0.25, 0.3) is 0 Å². The van der Waals surface area contributed by atoms with Crippen molar-refractivity contribution in [3.05, 3.63) is 51.0 Å². The molecule has 1 aromatic heterocycles. The van der Waals surface area contributed by atoms with Crippen LogP contribution in [0.1, 0.15) is 10.4 Å². The third-order valence-corrected chi connectivity index (χ3v) is 2.82. The van der Waals surface area contributed by atoms with Gasteiger partial charge in [-0.1, -0.05) is 0 Å². The van der Waals surface area contributed by atoms with Gasteiger partial charge in [-0.3, -0.25) is 9.59 Å². The van der Waals surface area contributed by atoms with E-state index in [9.17, 15) is 9.59 Å². The summed E-state index contributed by atoms with van der Waals surface area (Å²) in [7, 11) is 0. The van der Waals surface area contributed by atoms with Crippen LogP contribution >= 0.6 is 15.9 Å². The molecular weight excluding hydrogens is 302 g/mol. The van der Waals surface area contributed by atoms with Crippen molar-refractivity contribution >= 4 is 21.8 Å². The predicted molar refractivity (Wildman–Crippen MR) is 67.6 cm³/mol. The first kappa shape index (κ1) is 12.3. The number of rotatable bonds is 3. The minimum atomic E-state index is -0.517. The van der Waals surface area contributed by atoms with Crippen molar-refractivity contribution < 1.29 is 9.53 Å². The second-order valence-electron chi connectivity index (χ2n) is 3.34. The molecule has 0 radical (unpaired) electrons. The van der Waals surface area contributed by atoms with Gasteiger partial charge in [0.05, 0.1) is 6.33 Å². The van der Waals surface area contributed by atoms with Crippen LogP contribution in [-0.2, 0) is 0 Å². The number of ether oxygens (including phenoxy) is 1. The van der Waals surface area contributed by atoms with E-state index < -0.39 is 5.91 Å². The molecule has 1 amide bonds. The fourth-order valence-electron chi connectivity index (χ4n) is 1.24. The summed E-state index contributed by atoms with van der Waals surface area (Å²) in [6.07, 6.45) is 1.24. The average molecular weight is 310 g/mol. The van der Waals surface area contributed by atoms with E-state index in [1.54, 1.807) is 12.1 Å². The summed E-state index contributed by atoms with van der Waals surface area (Å²) in [5, 5.41) is 0. The number of halogens is 1. The molecule has 0 atom stereocenters. The van der Waals surface area contributed by atoms with Crippen LogP contribution < -0.4 is 16.0 Å². The zero-order valence-corrected chi connectivity index (χ0v) is 10.6. The van der Waals surface area contributed by atoms with Gasteiger partial charge in [-0.2, -0.15) is 0 Å². The van der Waals surface area contributed by atoms with Crippen molar-refractivity contribution in [1.82, 2.24) is 9.97 Å². The maximum absolute atomic E-state index is 11.3. The van der Waals surface area contributed by atoms with E-state index in [4.69, 9.17) is 10.5 Å².